The van der Waals surface area contributed by atoms with Gasteiger partial charge in [-0.2, -0.15) is 0 Å². The van der Waals surface area contributed by atoms with Gasteiger partial charge in [0, 0.05) is 25.7 Å². The van der Waals surface area contributed by atoms with Crippen LogP contribution in [0.1, 0.15) is 38.5 Å². The van der Waals surface area contributed by atoms with Gasteiger partial charge in [0.05, 0.1) is 0 Å². The van der Waals surface area contributed by atoms with Crippen LogP contribution in [0.5, 0.6) is 0 Å². The van der Waals surface area contributed by atoms with Gasteiger partial charge in [0.25, 0.3) is 0 Å². The normalized spacial score (nSPS) is 31.6. The van der Waals surface area contributed by atoms with E-state index >= 15 is 0 Å². The number of nitrogens with zero attached hydrogens (tertiary/aromatic N) is 1. The predicted octanol–water partition coefficient (Wildman–Crippen LogP) is 1.60. The lowest BCUT2D eigenvalue weighted by Gasteiger charge is -2.43. The van der Waals surface area contributed by atoms with E-state index in [1.54, 1.807) is 0 Å². The molecule has 2 fully saturated rings. The molecule has 2 rings (SSSR count). The third kappa shape index (κ3) is 2.23. The minimum Gasteiger partial charge on any atom is -0.329 e. The van der Waals surface area contributed by atoms with Crippen LogP contribution >= 0.6 is 0 Å². The molecule has 0 radical (unpaired) electrons. The summed E-state index contributed by atoms with van der Waals surface area (Å²) in [6, 6.07) is 0.724. The molecular formula is C11H22N2. The monoisotopic (exact) mass is 182 g/mol. The molecule has 1 aliphatic heterocycles. The molecule has 0 aromatic carbocycles. The van der Waals surface area contributed by atoms with Crippen LogP contribution < -0.4 is 5.73 Å². The molecule has 0 amide bonds. The highest BCUT2D eigenvalue weighted by atomic mass is 15.2. The minimum absolute atomic E-state index is 0.724. The van der Waals surface area contributed by atoms with Crippen molar-refractivity contribution in [1.29, 1.82) is 0 Å². The third-order valence-corrected chi connectivity index (χ3v) is 3.76. The molecule has 0 bridgehead atoms. The number of rotatable bonds is 3. The van der Waals surface area contributed by atoms with Crippen molar-refractivity contribution in [2.24, 2.45) is 11.7 Å². The lowest BCUT2D eigenvalue weighted by Crippen LogP contribution is -2.53. The Labute approximate surface area is 81.5 Å². The summed E-state index contributed by atoms with van der Waals surface area (Å²) in [5.74, 6) is 0.989. The molecule has 2 nitrogen and oxygen atoms in total. The molecule has 1 unspecified atom stereocenters. The topological polar surface area (TPSA) is 29.3 Å². The largest absolute Gasteiger partial charge is 0.329 e. The van der Waals surface area contributed by atoms with Gasteiger partial charge in [-0.05, 0) is 25.2 Å². The summed E-state index contributed by atoms with van der Waals surface area (Å²) in [7, 11) is 0. The highest BCUT2D eigenvalue weighted by molar-refractivity contribution is 4.85. The summed E-state index contributed by atoms with van der Waals surface area (Å²) in [6.45, 7) is 3.51. The first-order valence-electron chi connectivity index (χ1n) is 5.84. The molecule has 1 saturated heterocycles. The van der Waals surface area contributed by atoms with Gasteiger partial charge in [0.2, 0.25) is 0 Å². The fourth-order valence-electron chi connectivity index (χ4n) is 2.70. The zero-order valence-electron chi connectivity index (χ0n) is 8.54. The van der Waals surface area contributed by atoms with Gasteiger partial charge < -0.3 is 5.73 Å². The fourth-order valence-corrected chi connectivity index (χ4v) is 2.70. The Morgan fingerprint density at radius 1 is 1.08 bits per heavy atom. The van der Waals surface area contributed by atoms with Crippen LogP contribution in [-0.2, 0) is 0 Å². The van der Waals surface area contributed by atoms with Crippen molar-refractivity contribution in [2.75, 3.05) is 19.6 Å². The zero-order valence-corrected chi connectivity index (χ0v) is 8.54. The van der Waals surface area contributed by atoms with Crippen LogP contribution in [0.2, 0.25) is 0 Å². The average molecular weight is 182 g/mol. The van der Waals surface area contributed by atoms with Crippen LogP contribution in [0.4, 0.5) is 0 Å². The van der Waals surface area contributed by atoms with Gasteiger partial charge >= 0.3 is 0 Å². The third-order valence-electron chi connectivity index (χ3n) is 3.76. The minimum atomic E-state index is 0.724. The van der Waals surface area contributed by atoms with E-state index in [1.165, 1.54) is 51.6 Å². The van der Waals surface area contributed by atoms with Crippen LogP contribution in [0, 0.1) is 5.92 Å². The standard InChI is InChI=1S/C11H22N2/c12-8-11-6-7-13(11)9-10-4-2-1-3-5-10/h10-11H,1-9,12H2. The highest BCUT2D eigenvalue weighted by Gasteiger charge is 2.28. The molecule has 1 heterocycles. The maximum Gasteiger partial charge on any atom is 0.0230 e. The second kappa shape index (κ2) is 4.43. The van der Waals surface area contributed by atoms with Crippen molar-refractivity contribution in [3.63, 3.8) is 0 Å². The van der Waals surface area contributed by atoms with E-state index in [9.17, 15) is 0 Å². The summed E-state index contributed by atoms with van der Waals surface area (Å²) in [6.07, 6.45) is 8.67. The van der Waals surface area contributed by atoms with Crippen molar-refractivity contribution in [1.82, 2.24) is 4.90 Å². The van der Waals surface area contributed by atoms with Crippen LogP contribution in [0.3, 0.4) is 0 Å². The van der Waals surface area contributed by atoms with Gasteiger partial charge in [-0.1, -0.05) is 19.3 Å². The van der Waals surface area contributed by atoms with E-state index in [1.807, 2.05) is 0 Å². The van der Waals surface area contributed by atoms with Gasteiger partial charge in [0.1, 0.15) is 0 Å². The molecule has 1 aliphatic carbocycles. The van der Waals surface area contributed by atoms with Crippen molar-refractivity contribution in [3.8, 4) is 0 Å². The Balaban J connectivity index is 1.70. The molecule has 0 aromatic rings. The molecule has 0 spiro atoms. The summed E-state index contributed by atoms with van der Waals surface area (Å²) >= 11 is 0. The smallest absolute Gasteiger partial charge is 0.0230 e. The second-order valence-corrected chi connectivity index (χ2v) is 4.68. The Kier molecular flexibility index (Phi) is 3.23. The van der Waals surface area contributed by atoms with E-state index in [0.29, 0.717) is 0 Å². The molecule has 76 valence electrons. The summed E-state index contributed by atoms with van der Waals surface area (Å²) in [4.78, 5) is 2.59. The Hall–Kier alpha value is -0.0800. The number of hydrogen-bond acceptors (Lipinski definition) is 2. The van der Waals surface area contributed by atoms with Gasteiger partial charge in [0.15, 0.2) is 0 Å². The first-order valence-corrected chi connectivity index (χ1v) is 5.84. The average Bonchev–Trinajstić information content (AvgIpc) is 2.15. The fraction of sp³-hybridized carbons (Fsp3) is 1.00. The Morgan fingerprint density at radius 2 is 1.85 bits per heavy atom. The molecule has 1 atom stereocenters. The van der Waals surface area contributed by atoms with E-state index < -0.39 is 0 Å². The zero-order chi connectivity index (χ0) is 9.10. The number of hydrogen-bond donors (Lipinski definition) is 1. The van der Waals surface area contributed by atoms with E-state index in [0.717, 1.165) is 18.5 Å². The molecule has 2 aliphatic rings. The first-order chi connectivity index (χ1) is 6.40. The Morgan fingerprint density at radius 3 is 2.38 bits per heavy atom. The van der Waals surface area contributed by atoms with Crippen LogP contribution in [0.15, 0.2) is 0 Å². The van der Waals surface area contributed by atoms with Gasteiger partial charge in [-0.15, -0.1) is 0 Å². The van der Waals surface area contributed by atoms with Crippen molar-refractivity contribution in [3.05, 3.63) is 0 Å². The molecule has 13 heavy (non-hydrogen) atoms. The predicted molar refractivity (Wildman–Crippen MR) is 55.6 cm³/mol. The Bertz CT molecular complexity index is 150. The number of likely N-dealkylation sites (tertiary alicyclic amines) is 1. The summed E-state index contributed by atoms with van der Waals surface area (Å²) in [5.41, 5.74) is 5.69. The highest BCUT2D eigenvalue weighted by Crippen LogP contribution is 2.27. The lowest BCUT2D eigenvalue weighted by molar-refractivity contribution is 0.0683. The van der Waals surface area contributed by atoms with Crippen molar-refractivity contribution >= 4 is 0 Å². The maximum atomic E-state index is 5.69. The summed E-state index contributed by atoms with van der Waals surface area (Å²) < 4.78 is 0. The lowest BCUT2D eigenvalue weighted by atomic mass is 9.87. The van der Waals surface area contributed by atoms with E-state index in [-0.39, 0.29) is 0 Å². The van der Waals surface area contributed by atoms with E-state index in [4.69, 9.17) is 5.73 Å². The SMILES string of the molecule is NCC1CCN1CC1CCCCC1. The van der Waals surface area contributed by atoms with E-state index in [2.05, 4.69) is 4.90 Å². The second-order valence-electron chi connectivity index (χ2n) is 4.68. The molecule has 2 heteroatoms. The molecule has 0 aromatic heterocycles. The van der Waals surface area contributed by atoms with Gasteiger partial charge in [-0.3, -0.25) is 4.90 Å². The first kappa shape index (κ1) is 9.47. The number of nitrogens with two attached hydrogens (primary N) is 1. The van der Waals surface area contributed by atoms with Gasteiger partial charge in [-0.25, -0.2) is 0 Å². The molecule has 1 saturated carbocycles. The quantitative estimate of drug-likeness (QED) is 0.718. The molecular weight excluding hydrogens is 160 g/mol. The van der Waals surface area contributed by atoms with Crippen LogP contribution in [-0.4, -0.2) is 30.6 Å². The van der Waals surface area contributed by atoms with Crippen molar-refractivity contribution in [2.45, 2.75) is 44.6 Å². The summed E-state index contributed by atoms with van der Waals surface area (Å²) in [5, 5.41) is 0. The van der Waals surface area contributed by atoms with Crippen LogP contribution in [0.25, 0.3) is 0 Å². The molecule has 2 N–H and O–H groups in total. The maximum absolute atomic E-state index is 5.69. The van der Waals surface area contributed by atoms with Crippen molar-refractivity contribution < 1.29 is 0 Å².